The van der Waals surface area contributed by atoms with E-state index in [1.807, 2.05) is 0 Å². The molecule has 2 N–H and O–H groups in total. The van der Waals surface area contributed by atoms with Crippen molar-refractivity contribution in [1.82, 2.24) is 0 Å². The average Bonchev–Trinajstić information content (AvgIpc) is 2.25. The highest BCUT2D eigenvalue weighted by atomic mass is 14.5. The zero-order valence-corrected chi connectivity index (χ0v) is 9.29. The molecule has 1 nitrogen and oxygen atoms in total. The Morgan fingerprint density at radius 2 is 2.00 bits per heavy atom. The molecule has 0 aliphatic carbocycles. The summed E-state index contributed by atoms with van der Waals surface area (Å²) < 4.78 is 0. The number of hydrogen-bond acceptors (Lipinski definition) is 1. The van der Waals surface area contributed by atoms with E-state index in [-0.39, 0.29) is 0 Å². The fourth-order valence-electron chi connectivity index (χ4n) is 1.74. The molecule has 14 heavy (non-hydrogen) atoms. The van der Waals surface area contributed by atoms with Crippen LogP contribution in [0.5, 0.6) is 0 Å². The van der Waals surface area contributed by atoms with Gasteiger partial charge in [-0.05, 0) is 36.4 Å². The van der Waals surface area contributed by atoms with Crippen molar-refractivity contribution in [3.63, 3.8) is 0 Å². The molecule has 1 aromatic rings. The lowest BCUT2D eigenvalue weighted by Crippen LogP contribution is -2.10. The van der Waals surface area contributed by atoms with Crippen molar-refractivity contribution < 1.29 is 0 Å². The molecule has 0 bridgehead atoms. The minimum absolute atomic E-state index is 0.489. The van der Waals surface area contributed by atoms with Crippen LogP contribution in [0.3, 0.4) is 0 Å². The molecule has 0 saturated heterocycles. The summed E-state index contributed by atoms with van der Waals surface area (Å²) in [5, 5.41) is 0. The van der Waals surface area contributed by atoms with Gasteiger partial charge in [0.15, 0.2) is 0 Å². The first kappa shape index (κ1) is 11.3. The monoisotopic (exact) mass is 191 g/mol. The maximum absolute atomic E-state index is 5.70. The molecule has 1 aromatic carbocycles. The van der Waals surface area contributed by atoms with Crippen molar-refractivity contribution in [2.75, 3.05) is 6.54 Å². The van der Waals surface area contributed by atoms with Gasteiger partial charge in [0.2, 0.25) is 0 Å². The number of aryl methyl sites for hydroxylation is 1. The number of hydrogen-bond donors (Lipinski definition) is 1. The smallest absolute Gasteiger partial charge is 0.00108 e. The lowest BCUT2D eigenvalue weighted by atomic mass is 9.93. The summed E-state index contributed by atoms with van der Waals surface area (Å²) in [7, 11) is 0. The molecule has 0 saturated carbocycles. The van der Waals surface area contributed by atoms with E-state index in [9.17, 15) is 0 Å². The second-order valence-corrected chi connectivity index (χ2v) is 3.94. The lowest BCUT2D eigenvalue weighted by Gasteiger charge is -2.14. The van der Waals surface area contributed by atoms with Gasteiger partial charge in [-0.2, -0.15) is 0 Å². The molecule has 78 valence electrons. The van der Waals surface area contributed by atoms with E-state index >= 15 is 0 Å². The number of rotatable bonds is 5. The number of nitrogens with two attached hydrogens (primary N) is 1. The van der Waals surface area contributed by atoms with Crippen LogP contribution in [0.4, 0.5) is 0 Å². The van der Waals surface area contributed by atoms with Crippen LogP contribution in [0.2, 0.25) is 0 Å². The highest BCUT2D eigenvalue weighted by Gasteiger charge is 2.07. The zero-order valence-electron chi connectivity index (χ0n) is 9.29. The minimum Gasteiger partial charge on any atom is -0.330 e. The standard InChI is InChI=1S/C13H21N/c1-3-4-7-12-8-5-6-9-13(12)11(2)10-14/h5-6,8-9,11H,3-4,7,10,14H2,1-2H3. The molecule has 1 atom stereocenters. The zero-order chi connectivity index (χ0) is 10.4. The van der Waals surface area contributed by atoms with Crippen molar-refractivity contribution in [1.29, 1.82) is 0 Å². The SMILES string of the molecule is CCCCc1ccccc1C(C)CN. The van der Waals surface area contributed by atoms with E-state index in [0.717, 1.165) is 6.54 Å². The van der Waals surface area contributed by atoms with E-state index < -0.39 is 0 Å². The number of benzene rings is 1. The minimum atomic E-state index is 0.489. The quantitative estimate of drug-likeness (QED) is 0.760. The molecule has 0 radical (unpaired) electrons. The highest BCUT2D eigenvalue weighted by Crippen LogP contribution is 2.20. The van der Waals surface area contributed by atoms with Gasteiger partial charge in [0.25, 0.3) is 0 Å². The van der Waals surface area contributed by atoms with Crippen LogP contribution in [0.1, 0.15) is 43.7 Å². The van der Waals surface area contributed by atoms with E-state index in [2.05, 4.69) is 38.1 Å². The van der Waals surface area contributed by atoms with Crippen LogP contribution in [0.25, 0.3) is 0 Å². The fourth-order valence-corrected chi connectivity index (χ4v) is 1.74. The third-order valence-electron chi connectivity index (χ3n) is 2.74. The molecule has 0 aliphatic heterocycles. The molecule has 1 rings (SSSR count). The molecular weight excluding hydrogens is 170 g/mol. The van der Waals surface area contributed by atoms with Gasteiger partial charge in [-0.25, -0.2) is 0 Å². The Morgan fingerprint density at radius 3 is 2.64 bits per heavy atom. The molecule has 1 heteroatoms. The molecule has 0 aliphatic rings. The van der Waals surface area contributed by atoms with Gasteiger partial charge in [0.1, 0.15) is 0 Å². The maximum Gasteiger partial charge on any atom is -0.00108 e. The predicted octanol–water partition coefficient (Wildman–Crippen LogP) is 3.09. The topological polar surface area (TPSA) is 26.0 Å². The predicted molar refractivity (Wildman–Crippen MR) is 62.5 cm³/mol. The van der Waals surface area contributed by atoms with Gasteiger partial charge >= 0.3 is 0 Å². The van der Waals surface area contributed by atoms with Crippen molar-refractivity contribution in [2.24, 2.45) is 5.73 Å². The summed E-state index contributed by atoms with van der Waals surface area (Å²) in [5.41, 5.74) is 8.61. The molecular formula is C13H21N. The Kier molecular flexibility index (Phi) is 4.68. The van der Waals surface area contributed by atoms with Gasteiger partial charge in [-0.1, -0.05) is 44.5 Å². The van der Waals surface area contributed by atoms with Crippen LogP contribution in [0.15, 0.2) is 24.3 Å². The normalized spacial score (nSPS) is 12.8. The fraction of sp³-hybridized carbons (Fsp3) is 0.538. The van der Waals surface area contributed by atoms with E-state index in [0.29, 0.717) is 5.92 Å². The molecule has 0 aromatic heterocycles. The molecule has 0 spiro atoms. The third-order valence-corrected chi connectivity index (χ3v) is 2.74. The van der Waals surface area contributed by atoms with Gasteiger partial charge in [-0.3, -0.25) is 0 Å². The number of unbranched alkanes of at least 4 members (excludes halogenated alkanes) is 1. The second kappa shape index (κ2) is 5.82. The van der Waals surface area contributed by atoms with Crippen LogP contribution in [-0.4, -0.2) is 6.54 Å². The molecule has 0 fully saturated rings. The summed E-state index contributed by atoms with van der Waals surface area (Å²) >= 11 is 0. The lowest BCUT2D eigenvalue weighted by molar-refractivity contribution is 0.736. The Labute approximate surface area is 87.3 Å². The Bertz CT molecular complexity index is 268. The van der Waals surface area contributed by atoms with Crippen LogP contribution < -0.4 is 5.73 Å². The summed E-state index contributed by atoms with van der Waals surface area (Å²) in [6, 6.07) is 8.67. The molecule has 1 unspecified atom stereocenters. The summed E-state index contributed by atoms with van der Waals surface area (Å²) in [6.45, 7) is 5.17. The maximum atomic E-state index is 5.70. The molecule has 0 amide bonds. The second-order valence-electron chi connectivity index (χ2n) is 3.94. The summed E-state index contributed by atoms with van der Waals surface area (Å²) in [4.78, 5) is 0. The highest BCUT2D eigenvalue weighted by molar-refractivity contribution is 5.30. The van der Waals surface area contributed by atoms with Crippen molar-refractivity contribution in [3.8, 4) is 0 Å². The largest absolute Gasteiger partial charge is 0.330 e. The Morgan fingerprint density at radius 1 is 1.29 bits per heavy atom. The van der Waals surface area contributed by atoms with Gasteiger partial charge < -0.3 is 5.73 Å². The first-order valence-corrected chi connectivity index (χ1v) is 5.57. The Balaban J connectivity index is 2.79. The van der Waals surface area contributed by atoms with Crippen LogP contribution in [-0.2, 0) is 6.42 Å². The van der Waals surface area contributed by atoms with Crippen molar-refractivity contribution >= 4 is 0 Å². The van der Waals surface area contributed by atoms with Crippen molar-refractivity contribution in [2.45, 2.75) is 39.0 Å². The average molecular weight is 191 g/mol. The van der Waals surface area contributed by atoms with Crippen LogP contribution >= 0.6 is 0 Å². The van der Waals surface area contributed by atoms with E-state index in [4.69, 9.17) is 5.73 Å². The van der Waals surface area contributed by atoms with E-state index in [1.165, 1.54) is 30.4 Å². The first-order chi connectivity index (χ1) is 6.79. The molecule has 0 heterocycles. The van der Waals surface area contributed by atoms with Gasteiger partial charge in [0, 0.05) is 0 Å². The summed E-state index contributed by atoms with van der Waals surface area (Å²) in [6.07, 6.45) is 3.72. The van der Waals surface area contributed by atoms with Gasteiger partial charge in [0.05, 0.1) is 0 Å². The first-order valence-electron chi connectivity index (χ1n) is 5.57. The van der Waals surface area contributed by atoms with E-state index in [1.54, 1.807) is 0 Å². The van der Waals surface area contributed by atoms with Crippen LogP contribution in [0, 0.1) is 0 Å². The van der Waals surface area contributed by atoms with Gasteiger partial charge in [-0.15, -0.1) is 0 Å². The third kappa shape index (κ3) is 2.85. The van der Waals surface area contributed by atoms with Crippen molar-refractivity contribution in [3.05, 3.63) is 35.4 Å². The Hall–Kier alpha value is -0.820. The summed E-state index contributed by atoms with van der Waals surface area (Å²) in [5.74, 6) is 0.489.